The van der Waals surface area contributed by atoms with E-state index < -0.39 is 0 Å². The van der Waals surface area contributed by atoms with Crippen LogP contribution >= 0.6 is 0 Å². The highest BCUT2D eigenvalue weighted by Gasteiger charge is 2.46. The van der Waals surface area contributed by atoms with Gasteiger partial charge in [0.2, 0.25) is 0 Å². The second-order valence-corrected chi connectivity index (χ2v) is 7.93. The minimum Gasteiger partial charge on any atom is -0.487 e. The summed E-state index contributed by atoms with van der Waals surface area (Å²) in [4.78, 5) is 21.2. The zero-order chi connectivity index (χ0) is 20.3. The number of hydrogen-bond donors (Lipinski definition) is 0. The number of likely N-dealkylation sites (tertiary alicyclic amines) is 2. The van der Waals surface area contributed by atoms with Crippen molar-refractivity contribution in [2.24, 2.45) is 0 Å². The van der Waals surface area contributed by atoms with Gasteiger partial charge in [0, 0.05) is 38.1 Å². The van der Waals surface area contributed by atoms with Gasteiger partial charge < -0.3 is 14.1 Å². The van der Waals surface area contributed by atoms with E-state index >= 15 is 0 Å². The molecular weight excluding hydrogens is 378 g/mol. The molecule has 0 spiro atoms. The molecule has 2 aliphatic rings. The molecule has 0 bridgehead atoms. The summed E-state index contributed by atoms with van der Waals surface area (Å²) in [6, 6.07) is 16.5. The summed E-state index contributed by atoms with van der Waals surface area (Å²) in [6.07, 6.45) is 8.79. The van der Waals surface area contributed by atoms with Crippen molar-refractivity contribution in [3.63, 3.8) is 0 Å². The van der Waals surface area contributed by atoms with Crippen LogP contribution in [0.1, 0.15) is 34.8 Å². The van der Waals surface area contributed by atoms with Crippen molar-refractivity contribution < 1.29 is 13.9 Å². The van der Waals surface area contributed by atoms with Crippen molar-refractivity contribution in [3.05, 3.63) is 84.6 Å². The second-order valence-electron chi connectivity index (χ2n) is 7.93. The number of para-hydroxylation sites is 1. The van der Waals surface area contributed by atoms with Crippen LogP contribution in [-0.2, 0) is 0 Å². The second kappa shape index (κ2) is 8.32. The number of hydrogen-bond acceptors (Lipinski definition) is 5. The van der Waals surface area contributed by atoms with Gasteiger partial charge in [0.25, 0.3) is 5.91 Å². The van der Waals surface area contributed by atoms with Crippen LogP contribution in [0.5, 0.6) is 5.75 Å². The number of carbonyl (C=O) groups is 1. The van der Waals surface area contributed by atoms with E-state index in [4.69, 9.17) is 9.15 Å². The zero-order valence-corrected chi connectivity index (χ0v) is 16.8. The average molecular weight is 403 g/mol. The van der Waals surface area contributed by atoms with Gasteiger partial charge in [0.15, 0.2) is 0 Å². The normalized spacial score (nSPS) is 22.5. The number of pyridine rings is 1. The molecule has 154 valence electrons. The Morgan fingerprint density at radius 2 is 1.80 bits per heavy atom. The molecular formula is C24H25N3O3. The Labute approximate surface area is 176 Å². The topological polar surface area (TPSA) is 58.8 Å². The van der Waals surface area contributed by atoms with Gasteiger partial charge in [0.1, 0.15) is 18.1 Å². The highest BCUT2D eigenvalue weighted by atomic mass is 16.5. The van der Waals surface area contributed by atoms with Crippen LogP contribution in [0, 0.1) is 0 Å². The lowest BCUT2D eigenvalue weighted by Gasteiger charge is -2.53. The fourth-order valence-corrected chi connectivity index (χ4v) is 4.58. The monoisotopic (exact) mass is 403 g/mol. The molecule has 2 atom stereocenters. The molecule has 1 amide bonds. The molecule has 6 heteroatoms. The first-order chi connectivity index (χ1) is 14.8. The standard InChI is InChI=1S/C24H25N3O3/c28-24(19-10-15-29-17-19)26-13-8-20(9-14-26)27-16-22(30-21-4-2-1-3-5-21)23(27)18-6-11-25-12-7-18/h1-7,10-12,15,17,20,22-23H,8-9,13-14,16H2/t22-,23-/m0/s1. The number of nitrogens with zero attached hydrogens (tertiary/aromatic N) is 3. The summed E-state index contributed by atoms with van der Waals surface area (Å²) in [6.45, 7) is 2.42. The van der Waals surface area contributed by atoms with E-state index in [1.807, 2.05) is 47.6 Å². The lowest BCUT2D eigenvalue weighted by atomic mass is 9.87. The predicted octanol–water partition coefficient (Wildman–Crippen LogP) is 3.78. The maximum Gasteiger partial charge on any atom is 0.257 e. The van der Waals surface area contributed by atoms with E-state index in [1.165, 1.54) is 11.8 Å². The number of aromatic nitrogens is 1. The number of piperidine rings is 1. The number of ether oxygens (including phenoxy) is 1. The molecule has 2 saturated heterocycles. The van der Waals surface area contributed by atoms with Crippen LogP contribution in [0.15, 0.2) is 77.9 Å². The Morgan fingerprint density at radius 1 is 1.03 bits per heavy atom. The molecule has 3 aromatic rings. The first-order valence-corrected chi connectivity index (χ1v) is 10.5. The molecule has 4 heterocycles. The first kappa shape index (κ1) is 18.9. The van der Waals surface area contributed by atoms with Gasteiger partial charge in [-0.05, 0) is 48.7 Å². The number of amides is 1. The smallest absolute Gasteiger partial charge is 0.257 e. The third kappa shape index (κ3) is 3.71. The van der Waals surface area contributed by atoms with Crippen molar-refractivity contribution in [3.8, 4) is 5.75 Å². The fraction of sp³-hybridized carbons (Fsp3) is 0.333. The van der Waals surface area contributed by atoms with Crippen LogP contribution in [0.4, 0.5) is 0 Å². The Morgan fingerprint density at radius 3 is 2.50 bits per heavy atom. The third-order valence-electron chi connectivity index (χ3n) is 6.17. The van der Waals surface area contributed by atoms with E-state index in [-0.39, 0.29) is 18.1 Å². The van der Waals surface area contributed by atoms with Gasteiger partial charge in [0.05, 0.1) is 17.9 Å². The maximum atomic E-state index is 12.6. The number of rotatable bonds is 5. The number of carbonyl (C=O) groups excluding carboxylic acids is 1. The molecule has 30 heavy (non-hydrogen) atoms. The summed E-state index contributed by atoms with van der Waals surface area (Å²) in [5, 5.41) is 0. The lowest BCUT2D eigenvalue weighted by molar-refractivity contribution is -0.0842. The third-order valence-corrected chi connectivity index (χ3v) is 6.17. The van der Waals surface area contributed by atoms with E-state index in [0.29, 0.717) is 11.6 Å². The van der Waals surface area contributed by atoms with E-state index in [1.54, 1.807) is 12.3 Å². The number of benzene rings is 1. The van der Waals surface area contributed by atoms with E-state index in [2.05, 4.69) is 22.0 Å². The van der Waals surface area contributed by atoms with Crippen LogP contribution in [0.25, 0.3) is 0 Å². The summed E-state index contributed by atoms with van der Waals surface area (Å²) in [7, 11) is 0. The molecule has 2 fully saturated rings. The minimum absolute atomic E-state index is 0.0572. The Balaban J connectivity index is 1.26. The molecule has 1 aromatic carbocycles. The Hall–Kier alpha value is -3.12. The van der Waals surface area contributed by atoms with Crippen LogP contribution in [0.2, 0.25) is 0 Å². The summed E-state index contributed by atoms with van der Waals surface area (Å²) < 4.78 is 11.4. The minimum atomic E-state index is 0.0572. The van der Waals surface area contributed by atoms with Crippen LogP contribution < -0.4 is 4.74 Å². The quantitative estimate of drug-likeness (QED) is 0.649. The van der Waals surface area contributed by atoms with Crippen molar-refractivity contribution >= 4 is 5.91 Å². The van der Waals surface area contributed by atoms with Gasteiger partial charge in [-0.1, -0.05) is 18.2 Å². The largest absolute Gasteiger partial charge is 0.487 e. The first-order valence-electron chi connectivity index (χ1n) is 10.5. The predicted molar refractivity (Wildman–Crippen MR) is 112 cm³/mol. The molecule has 0 saturated carbocycles. The molecule has 2 aromatic heterocycles. The highest BCUT2D eigenvalue weighted by Crippen LogP contribution is 2.40. The van der Waals surface area contributed by atoms with Crippen LogP contribution in [0.3, 0.4) is 0 Å². The van der Waals surface area contributed by atoms with Gasteiger partial charge in [-0.2, -0.15) is 0 Å². The molecule has 2 aliphatic heterocycles. The van der Waals surface area contributed by atoms with Gasteiger partial charge in [-0.25, -0.2) is 0 Å². The van der Waals surface area contributed by atoms with Gasteiger partial charge in [-0.15, -0.1) is 0 Å². The average Bonchev–Trinajstić information content (AvgIpc) is 3.32. The van der Waals surface area contributed by atoms with Crippen molar-refractivity contribution in [1.82, 2.24) is 14.8 Å². The number of furan rings is 1. The van der Waals surface area contributed by atoms with Crippen molar-refractivity contribution in [2.45, 2.75) is 31.0 Å². The summed E-state index contributed by atoms with van der Waals surface area (Å²) in [5.41, 5.74) is 1.86. The van der Waals surface area contributed by atoms with Crippen molar-refractivity contribution in [2.75, 3.05) is 19.6 Å². The lowest BCUT2D eigenvalue weighted by Crippen LogP contribution is -2.61. The highest BCUT2D eigenvalue weighted by molar-refractivity contribution is 5.93. The SMILES string of the molecule is O=C(c1ccoc1)N1CCC(N2C[C@H](Oc3ccccc3)[C@@H]2c2ccncc2)CC1. The molecule has 6 nitrogen and oxygen atoms in total. The molecule has 5 rings (SSSR count). The fourth-order valence-electron chi connectivity index (χ4n) is 4.58. The Kier molecular flexibility index (Phi) is 5.24. The molecule has 0 unspecified atom stereocenters. The summed E-state index contributed by atoms with van der Waals surface area (Å²) in [5.74, 6) is 0.962. The molecule has 0 N–H and O–H groups in total. The molecule has 0 aliphatic carbocycles. The van der Waals surface area contributed by atoms with Gasteiger partial charge in [-0.3, -0.25) is 14.7 Å². The van der Waals surface area contributed by atoms with Crippen LogP contribution in [-0.4, -0.2) is 52.5 Å². The molecule has 0 radical (unpaired) electrons. The van der Waals surface area contributed by atoms with E-state index in [9.17, 15) is 4.79 Å². The summed E-state index contributed by atoms with van der Waals surface area (Å²) >= 11 is 0. The maximum absolute atomic E-state index is 12.6. The van der Waals surface area contributed by atoms with Crippen molar-refractivity contribution in [1.29, 1.82) is 0 Å². The van der Waals surface area contributed by atoms with E-state index in [0.717, 1.165) is 38.2 Å². The Bertz CT molecular complexity index is 954. The zero-order valence-electron chi connectivity index (χ0n) is 16.8. The van der Waals surface area contributed by atoms with Gasteiger partial charge >= 0.3 is 0 Å².